The highest BCUT2D eigenvalue weighted by atomic mass is 17.2. The SMILES string of the molecule is CNC[C@@H]1C=C[C@@H]([C@@H]2CNC(=O)C2)C[C@]12Oc1c(cc3c(=O)cc(C)oc3c1N1C=C3N=CC=C3C1)C[C@H]2OOC[C@@](O)(Cc1ccc(O)c2ccc(O)cc12)[C@@H](O)[C@H](O)[C@H](O)CO. The van der Waals surface area contributed by atoms with Gasteiger partial charge >= 0.3 is 0 Å². The molecule has 1 aromatic heterocycles. The lowest BCUT2D eigenvalue weighted by atomic mass is 9.66. The number of aliphatic imine (C=N–C) groups is 1. The van der Waals surface area contributed by atoms with E-state index in [4.69, 9.17) is 18.9 Å². The smallest absolute Gasteiger partial charge is 0.220 e. The number of aryl methyl sites for hydroxylation is 1. The molecular weight excluding hydrogens is 829 g/mol. The molecule has 0 saturated carbocycles. The summed E-state index contributed by atoms with van der Waals surface area (Å²) in [5.74, 6) is -0.00695. The monoisotopic (exact) mass is 880 g/mol. The summed E-state index contributed by atoms with van der Waals surface area (Å²) in [6.07, 6.45) is 3.06. The van der Waals surface area contributed by atoms with Crippen molar-refractivity contribution in [3.05, 3.63) is 105 Å². The van der Waals surface area contributed by atoms with E-state index in [1.165, 1.54) is 36.4 Å². The average Bonchev–Trinajstić information content (AvgIpc) is 4.02. The number of nitrogens with zero attached hydrogens (tertiary/aromatic N) is 2. The molecule has 0 unspecified atom stereocenters. The second-order valence-electron chi connectivity index (χ2n) is 17.7. The minimum absolute atomic E-state index is 0.0532. The van der Waals surface area contributed by atoms with E-state index in [0.29, 0.717) is 82.5 Å². The third kappa shape index (κ3) is 7.75. The molecule has 5 heterocycles. The summed E-state index contributed by atoms with van der Waals surface area (Å²) in [6.45, 7) is 1.30. The van der Waals surface area contributed by atoms with Crippen LogP contribution in [-0.2, 0) is 27.4 Å². The molecule has 3 aromatic carbocycles. The Labute approximate surface area is 367 Å². The van der Waals surface area contributed by atoms with Crippen molar-refractivity contribution in [1.29, 1.82) is 0 Å². The standard InChI is InChI=1S/C47H52N4O13/c1-24-11-37(55)34-12-28-13-39(64-61-23-46(60,45(59)42(58)38(56)22-52)16-26-4-8-36(54)32-7-6-31(53)15-33(26)32)47(17-25(3-5-30(47)19-48-2)29-14-40(57)50-18-29)63-43(28)41(44(34)62-24)51-20-27-9-10-49-35(27)21-51/h3-12,15,21,25,29-30,38-39,42,45,48,52-54,56,58-60H,13-14,16-20,22-23H2,1-2H3,(H,50,57)/t25-,29+,30+,38-,39-,42-,45+,46+,47+/m1/s1. The van der Waals surface area contributed by atoms with Crippen LogP contribution in [0.4, 0.5) is 5.69 Å². The first-order chi connectivity index (χ1) is 30.7. The second kappa shape index (κ2) is 17.1. The number of phenolic OH excluding ortho intramolecular Hbond substituents is 2. The van der Waals surface area contributed by atoms with E-state index in [2.05, 4.69) is 27.8 Å². The summed E-state index contributed by atoms with van der Waals surface area (Å²) in [5, 5.41) is 83.2. The number of phenols is 2. The van der Waals surface area contributed by atoms with Crippen LogP contribution in [0.3, 0.4) is 0 Å². The maximum atomic E-state index is 13.7. The normalized spacial score (nSPS) is 26.0. The average molecular weight is 881 g/mol. The first-order valence-corrected chi connectivity index (χ1v) is 21.4. The Kier molecular flexibility index (Phi) is 11.6. The van der Waals surface area contributed by atoms with Crippen LogP contribution in [0.15, 0.2) is 92.4 Å². The number of allylic oxidation sites excluding steroid dienone is 2. The first kappa shape index (κ1) is 43.6. The number of hydrogen-bond acceptors (Lipinski definition) is 16. The molecule has 4 aromatic rings. The molecule has 9 atom stereocenters. The highest BCUT2D eigenvalue weighted by molar-refractivity contribution is 5.96. The molecule has 9 N–H and O–H groups in total. The molecule has 4 aliphatic heterocycles. The topological polar surface area (TPSA) is 256 Å². The number of aliphatic hydroxyl groups is 5. The third-order valence-electron chi connectivity index (χ3n) is 13.4. The molecule has 1 aliphatic carbocycles. The Hall–Kier alpha value is -5.63. The number of aliphatic hydroxyl groups excluding tert-OH is 4. The number of aromatic hydroxyl groups is 2. The molecular formula is C47H52N4O13. The predicted octanol–water partition coefficient (Wildman–Crippen LogP) is 1.93. The zero-order valence-electron chi connectivity index (χ0n) is 35.3. The Morgan fingerprint density at radius 3 is 2.64 bits per heavy atom. The van der Waals surface area contributed by atoms with E-state index in [-0.39, 0.29) is 47.0 Å². The molecule has 1 fully saturated rings. The number of fused-ring (bicyclic) bond motifs is 4. The van der Waals surface area contributed by atoms with E-state index in [0.717, 1.165) is 11.3 Å². The lowest BCUT2D eigenvalue weighted by Gasteiger charge is -2.51. The number of nitrogens with one attached hydrogen (secondary N) is 2. The summed E-state index contributed by atoms with van der Waals surface area (Å²) in [5.41, 5.74) is -0.355. The van der Waals surface area contributed by atoms with Crippen LogP contribution in [0.1, 0.15) is 29.7 Å². The molecule has 338 valence electrons. The second-order valence-corrected chi connectivity index (χ2v) is 17.7. The maximum Gasteiger partial charge on any atom is 0.220 e. The Morgan fingerprint density at radius 2 is 1.89 bits per heavy atom. The van der Waals surface area contributed by atoms with Crippen LogP contribution < -0.4 is 25.7 Å². The van der Waals surface area contributed by atoms with Crippen LogP contribution in [-0.4, -0.2) is 123 Å². The number of carbonyl (C=O) groups is 1. The van der Waals surface area contributed by atoms with Crippen molar-refractivity contribution in [1.82, 2.24) is 10.6 Å². The number of carbonyl (C=O) groups excluding carboxylic acids is 1. The third-order valence-corrected chi connectivity index (χ3v) is 13.4. The maximum absolute atomic E-state index is 13.7. The number of hydrogen-bond donors (Lipinski definition) is 9. The number of anilines is 1. The fourth-order valence-electron chi connectivity index (χ4n) is 10.0. The van der Waals surface area contributed by atoms with Crippen molar-refractivity contribution < 1.29 is 59.5 Å². The van der Waals surface area contributed by atoms with E-state index < -0.39 is 55.3 Å². The number of rotatable bonds is 14. The fourth-order valence-corrected chi connectivity index (χ4v) is 10.0. The van der Waals surface area contributed by atoms with Crippen molar-refractivity contribution in [3.63, 3.8) is 0 Å². The summed E-state index contributed by atoms with van der Waals surface area (Å²) in [7, 11) is 1.82. The lowest BCUT2D eigenvalue weighted by molar-refractivity contribution is -0.376. The Balaban J connectivity index is 1.13. The summed E-state index contributed by atoms with van der Waals surface area (Å²) < 4.78 is 13.8. The predicted molar refractivity (Wildman–Crippen MR) is 234 cm³/mol. The fraction of sp³-hybridized carbons (Fsp3) is 0.426. The first-order valence-electron chi connectivity index (χ1n) is 21.4. The van der Waals surface area contributed by atoms with Crippen molar-refractivity contribution >= 4 is 39.6 Å². The largest absolute Gasteiger partial charge is 0.508 e. The minimum Gasteiger partial charge on any atom is -0.508 e. The van der Waals surface area contributed by atoms with Gasteiger partial charge in [0, 0.05) is 73.3 Å². The summed E-state index contributed by atoms with van der Waals surface area (Å²) in [6, 6.07) is 10.3. The summed E-state index contributed by atoms with van der Waals surface area (Å²) in [4.78, 5) is 45.2. The molecule has 1 spiro atoms. The molecule has 1 saturated heterocycles. The van der Waals surface area contributed by atoms with E-state index in [1.54, 1.807) is 19.2 Å². The number of benzene rings is 3. The number of amides is 1. The van der Waals surface area contributed by atoms with Gasteiger partial charge in [0.1, 0.15) is 65.2 Å². The van der Waals surface area contributed by atoms with Crippen molar-refractivity contribution in [3.8, 4) is 17.2 Å². The molecule has 9 rings (SSSR count). The van der Waals surface area contributed by atoms with Gasteiger partial charge in [-0.05, 0) is 79.6 Å². The van der Waals surface area contributed by atoms with Gasteiger partial charge in [-0.2, -0.15) is 0 Å². The van der Waals surface area contributed by atoms with Gasteiger partial charge in [0.05, 0.1) is 24.2 Å². The van der Waals surface area contributed by atoms with Crippen molar-refractivity contribution in [2.45, 2.75) is 68.2 Å². The van der Waals surface area contributed by atoms with Gasteiger partial charge in [-0.25, -0.2) is 9.78 Å². The summed E-state index contributed by atoms with van der Waals surface area (Å²) >= 11 is 0. The molecule has 0 radical (unpaired) electrons. The molecule has 17 heteroatoms. The van der Waals surface area contributed by atoms with Crippen LogP contribution in [0.5, 0.6) is 17.2 Å². The van der Waals surface area contributed by atoms with Gasteiger partial charge in [0.2, 0.25) is 5.91 Å². The van der Waals surface area contributed by atoms with Gasteiger partial charge in [-0.15, -0.1) is 0 Å². The molecule has 5 aliphatic rings. The van der Waals surface area contributed by atoms with Crippen molar-refractivity contribution in [2.75, 3.05) is 44.8 Å². The van der Waals surface area contributed by atoms with Crippen LogP contribution in [0.25, 0.3) is 21.7 Å². The van der Waals surface area contributed by atoms with Crippen LogP contribution in [0, 0.1) is 24.7 Å². The van der Waals surface area contributed by atoms with Gasteiger partial charge in [0.25, 0.3) is 0 Å². The zero-order chi connectivity index (χ0) is 45.1. The highest BCUT2D eigenvalue weighted by Crippen LogP contribution is 2.53. The molecule has 17 nitrogen and oxygen atoms in total. The molecule has 1 amide bonds. The minimum atomic E-state index is -2.43. The molecule has 64 heavy (non-hydrogen) atoms. The van der Waals surface area contributed by atoms with E-state index >= 15 is 0 Å². The highest BCUT2D eigenvalue weighted by Gasteiger charge is 2.56. The number of ether oxygens (including phenoxy) is 1. The van der Waals surface area contributed by atoms with E-state index in [1.807, 2.05) is 24.2 Å². The zero-order valence-corrected chi connectivity index (χ0v) is 35.3. The lowest BCUT2D eigenvalue weighted by Crippen LogP contribution is -2.62. The van der Waals surface area contributed by atoms with Crippen LogP contribution in [0.2, 0.25) is 0 Å². The van der Waals surface area contributed by atoms with Gasteiger partial charge in [0.15, 0.2) is 16.8 Å². The van der Waals surface area contributed by atoms with Gasteiger partial charge in [-0.1, -0.05) is 18.2 Å². The van der Waals surface area contributed by atoms with E-state index in [9.17, 15) is 45.3 Å². The Bertz CT molecular complexity index is 2680. The van der Waals surface area contributed by atoms with Crippen molar-refractivity contribution in [2.24, 2.45) is 22.7 Å². The quantitative estimate of drug-likeness (QED) is 0.0499. The van der Waals surface area contributed by atoms with Gasteiger partial charge < -0.3 is 60.4 Å². The van der Waals surface area contributed by atoms with Crippen LogP contribution >= 0.6 is 0 Å². The Morgan fingerprint density at radius 1 is 1.06 bits per heavy atom. The molecule has 0 bridgehead atoms. The van der Waals surface area contributed by atoms with Gasteiger partial charge in [-0.3, -0.25) is 14.6 Å².